The van der Waals surface area contributed by atoms with Crippen molar-refractivity contribution < 1.29 is 9.59 Å². The molecule has 0 spiro atoms. The third-order valence-electron chi connectivity index (χ3n) is 4.84. The molecule has 3 aromatic rings. The van der Waals surface area contributed by atoms with Crippen LogP contribution in [0.1, 0.15) is 11.1 Å². The number of carbonyl (C=O) groups excluding carboxylic acids is 2. The molecule has 2 aromatic heterocycles. The van der Waals surface area contributed by atoms with Crippen molar-refractivity contribution in [1.82, 2.24) is 19.8 Å². The maximum atomic E-state index is 12.7. The quantitative estimate of drug-likeness (QED) is 0.754. The molecule has 1 N–H and O–H groups in total. The summed E-state index contributed by atoms with van der Waals surface area (Å²) >= 11 is 5.90. The van der Waals surface area contributed by atoms with Gasteiger partial charge in [-0.3, -0.25) is 9.59 Å². The number of carbonyl (C=O) groups is 2. The van der Waals surface area contributed by atoms with Crippen molar-refractivity contribution in [3.8, 4) is 0 Å². The van der Waals surface area contributed by atoms with E-state index in [1.807, 2.05) is 42.6 Å². The summed E-state index contributed by atoms with van der Waals surface area (Å²) in [6.07, 6.45) is 3.79. The molecule has 1 aromatic carbocycles. The molecule has 0 bridgehead atoms. The zero-order chi connectivity index (χ0) is 18.8. The van der Waals surface area contributed by atoms with Gasteiger partial charge >= 0.3 is 0 Å². The van der Waals surface area contributed by atoms with E-state index in [1.165, 1.54) is 0 Å². The number of nitrogens with one attached hydrogen (secondary N) is 1. The average Bonchev–Trinajstić information content (AvgIpc) is 3.08. The van der Waals surface area contributed by atoms with Gasteiger partial charge in [-0.15, -0.1) is 0 Å². The third-order valence-corrected chi connectivity index (χ3v) is 5.09. The molecule has 6 nitrogen and oxygen atoms in total. The van der Waals surface area contributed by atoms with Crippen molar-refractivity contribution in [3.05, 3.63) is 64.9 Å². The molecule has 2 amide bonds. The smallest absolute Gasteiger partial charge is 0.242 e. The van der Waals surface area contributed by atoms with Crippen molar-refractivity contribution in [2.75, 3.05) is 19.6 Å². The topological polar surface area (TPSA) is 69.3 Å². The predicted octanol–water partition coefficient (Wildman–Crippen LogP) is 2.63. The van der Waals surface area contributed by atoms with Gasteiger partial charge in [0.1, 0.15) is 5.65 Å². The van der Waals surface area contributed by atoms with E-state index in [2.05, 4.69) is 9.97 Å². The Kier molecular flexibility index (Phi) is 4.81. The number of halogens is 1. The minimum Gasteiger partial charge on any atom is -0.346 e. The molecule has 4 rings (SSSR count). The summed E-state index contributed by atoms with van der Waals surface area (Å²) in [4.78, 5) is 35.9. The van der Waals surface area contributed by atoms with E-state index in [1.54, 1.807) is 16.0 Å². The van der Waals surface area contributed by atoms with Gasteiger partial charge in [-0.1, -0.05) is 23.7 Å². The zero-order valence-electron chi connectivity index (χ0n) is 14.7. The van der Waals surface area contributed by atoms with Gasteiger partial charge in [0, 0.05) is 42.4 Å². The fraction of sp³-hybridized carbons (Fsp3) is 0.250. The molecule has 0 aliphatic carbocycles. The molecule has 7 heteroatoms. The van der Waals surface area contributed by atoms with Crippen LogP contribution in [0.2, 0.25) is 5.02 Å². The number of rotatable bonds is 4. The number of aromatic nitrogens is 2. The third kappa shape index (κ3) is 3.80. The molecule has 3 heterocycles. The first kappa shape index (κ1) is 17.5. The second-order valence-corrected chi connectivity index (χ2v) is 7.08. The van der Waals surface area contributed by atoms with E-state index in [0.717, 1.165) is 22.2 Å². The number of piperazine rings is 1. The Labute approximate surface area is 161 Å². The van der Waals surface area contributed by atoms with Crippen molar-refractivity contribution in [3.63, 3.8) is 0 Å². The van der Waals surface area contributed by atoms with Gasteiger partial charge in [0.2, 0.25) is 11.8 Å². The van der Waals surface area contributed by atoms with Crippen LogP contribution in [0.5, 0.6) is 0 Å². The Morgan fingerprint density at radius 2 is 2.00 bits per heavy atom. The molecule has 27 heavy (non-hydrogen) atoms. The van der Waals surface area contributed by atoms with Crippen LogP contribution in [0.25, 0.3) is 11.0 Å². The van der Waals surface area contributed by atoms with Crippen LogP contribution < -0.4 is 0 Å². The predicted molar refractivity (Wildman–Crippen MR) is 103 cm³/mol. The van der Waals surface area contributed by atoms with Gasteiger partial charge < -0.3 is 14.8 Å². The first-order chi connectivity index (χ1) is 13.1. The number of fused-ring (bicyclic) bond motifs is 1. The summed E-state index contributed by atoms with van der Waals surface area (Å²) in [5, 5.41) is 1.62. The summed E-state index contributed by atoms with van der Waals surface area (Å²) < 4.78 is 0. The van der Waals surface area contributed by atoms with Crippen molar-refractivity contribution in [2.24, 2.45) is 0 Å². The SMILES string of the molecule is O=C(Cc1c[nH]c2ncccc12)N1CCN(Cc2ccc(Cl)cc2)C(=O)C1. The summed E-state index contributed by atoms with van der Waals surface area (Å²) in [6, 6.07) is 11.3. The highest BCUT2D eigenvalue weighted by Gasteiger charge is 2.27. The van der Waals surface area contributed by atoms with E-state index in [0.29, 0.717) is 24.7 Å². The number of amides is 2. The van der Waals surface area contributed by atoms with Gasteiger partial charge in [-0.05, 0) is 35.4 Å². The fourth-order valence-electron chi connectivity index (χ4n) is 3.33. The second kappa shape index (κ2) is 7.40. The van der Waals surface area contributed by atoms with Gasteiger partial charge in [0.15, 0.2) is 0 Å². The van der Waals surface area contributed by atoms with Crippen molar-refractivity contribution in [2.45, 2.75) is 13.0 Å². The van der Waals surface area contributed by atoms with Crippen LogP contribution in [-0.4, -0.2) is 51.2 Å². The maximum Gasteiger partial charge on any atom is 0.242 e. The van der Waals surface area contributed by atoms with Crippen LogP contribution in [-0.2, 0) is 22.6 Å². The number of H-pyrrole nitrogens is 1. The number of benzene rings is 1. The highest BCUT2D eigenvalue weighted by molar-refractivity contribution is 6.30. The minimum absolute atomic E-state index is 0.0369. The molecule has 1 fully saturated rings. The second-order valence-electron chi connectivity index (χ2n) is 6.65. The number of nitrogens with zero attached hydrogens (tertiary/aromatic N) is 3. The molecular formula is C20H19ClN4O2. The van der Waals surface area contributed by atoms with Gasteiger partial charge in [-0.25, -0.2) is 4.98 Å². The summed E-state index contributed by atoms with van der Waals surface area (Å²) in [5.41, 5.74) is 2.70. The first-order valence-corrected chi connectivity index (χ1v) is 9.19. The Balaban J connectivity index is 1.38. The Morgan fingerprint density at radius 3 is 2.78 bits per heavy atom. The van der Waals surface area contributed by atoms with Gasteiger partial charge in [0.25, 0.3) is 0 Å². The van der Waals surface area contributed by atoms with Crippen LogP contribution in [0.3, 0.4) is 0 Å². The van der Waals surface area contributed by atoms with Crippen molar-refractivity contribution in [1.29, 1.82) is 0 Å². The van der Waals surface area contributed by atoms with Crippen LogP contribution in [0, 0.1) is 0 Å². The standard InChI is InChI=1S/C20H19ClN4O2/c21-16-5-3-14(4-6-16)12-24-8-9-25(13-19(24)27)18(26)10-15-11-23-20-17(15)2-1-7-22-20/h1-7,11H,8-10,12-13H2,(H,22,23). The van der Waals surface area contributed by atoms with E-state index in [4.69, 9.17) is 11.6 Å². The highest BCUT2D eigenvalue weighted by atomic mass is 35.5. The van der Waals surface area contributed by atoms with Crippen LogP contribution in [0.15, 0.2) is 48.8 Å². The molecular weight excluding hydrogens is 364 g/mol. The first-order valence-electron chi connectivity index (χ1n) is 8.81. The minimum atomic E-state index is -0.0424. The number of hydrogen-bond acceptors (Lipinski definition) is 3. The average molecular weight is 383 g/mol. The normalized spacial score (nSPS) is 14.8. The highest BCUT2D eigenvalue weighted by Crippen LogP contribution is 2.18. The molecule has 0 unspecified atom stereocenters. The monoisotopic (exact) mass is 382 g/mol. The number of aromatic amines is 1. The zero-order valence-corrected chi connectivity index (χ0v) is 15.4. The van der Waals surface area contributed by atoms with E-state index >= 15 is 0 Å². The van der Waals surface area contributed by atoms with Gasteiger partial charge in [-0.2, -0.15) is 0 Å². The molecule has 0 atom stereocenters. The summed E-state index contributed by atoms with van der Waals surface area (Å²) in [5.74, 6) is -0.0793. The fourth-order valence-corrected chi connectivity index (χ4v) is 3.46. The van der Waals surface area contributed by atoms with E-state index < -0.39 is 0 Å². The maximum absolute atomic E-state index is 12.7. The number of hydrogen-bond donors (Lipinski definition) is 1. The molecule has 0 radical (unpaired) electrons. The summed E-state index contributed by atoms with van der Waals surface area (Å²) in [7, 11) is 0. The molecule has 138 valence electrons. The summed E-state index contributed by atoms with van der Waals surface area (Å²) in [6.45, 7) is 1.72. The lowest BCUT2D eigenvalue weighted by Crippen LogP contribution is -2.52. The largest absolute Gasteiger partial charge is 0.346 e. The Morgan fingerprint density at radius 1 is 1.19 bits per heavy atom. The lowest BCUT2D eigenvalue weighted by Gasteiger charge is -2.34. The van der Waals surface area contributed by atoms with Crippen LogP contribution >= 0.6 is 11.6 Å². The molecule has 1 saturated heterocycles. The Bertz CT molecular complexity index is 983. The lowest BCUT2D eigenvalue weighted by atomic mass is 10.1. The van der Waals surface area contributed by atoms with Crippen LogP contribution in [0.4, 0.5) is 0 Å². The van der Waals surface area contributed by atoms with E-state index in [9.17, 15) is 9.59 Å². The van der Waals surface area contributed by atoms with Gasteiger partial charge in [0.05, 0.1) is 13.0 Å². The van der Waals surface area contributed by atoms with Crippen molar-refractivity contribution >= 4 is 34.4 Å². The number of pyridine rings is 1. The van der Waals surface area contributed by atoms with E-state index in [-0.39, 0.29) is 24.8 Å². The molecule has 0 saturated carbocycles. The molecule has 1 aliphatic rings. The Hall–Kier alpha value is -2.86. The molecule has 1 aliphatic heterocycles. The lowest BCUT2D eigenvalue weighted by molar-refractivity contribution is -0.145.